The first-order valence-electron chi connectivity index (χ1n) is 8.09. The molecule has 0 amide bonds. The molecular weight excluding hydrogens is 432 g/mol. The number of aliphatic hydroxyl groups excluding tert-OH is 1. The Kier molecular flexibility index (Phi) is 7.83. The maximum Gasteiger partial charge on any atom is 0.269 e. The van der Waals surface area contributed by atoms with E-state index in [1.807, 2.05) is 31.2 Å². The van der Waals surface area contributed by atoms with Crippen LogP contribution in [0.1, 0.15) is 11.1 Å². The molecule has 0 saturated carbocycles. The molecule has 9 heteroatoms. The fourth-order valence-corrected chi connectivity index (χ4v) is 2.89. The van der Waals surface area contributed by atoms with E-state index in [1.165, 1.54) is 17.1 Å². The summed E-state index contributed by atoms with van der Waals surface area (Å²) >= 11 is 8.81. The Morgan fingerprint density at radius 3 is 2.41 bits per heavy atom. The summed E-state index contributed by atoms with van der Waals surface area (Å²) in [5.74, 6) is 0. The molecule has 0 aliphatic carbocycles. The van der Waals surface area contributed by atoms with E-state index in [9.17, 15) is 15.2 Å². The minimum absolute atomic E-state index is 0.0106. The van der Waals surface area contributed by atoms with E-state index in [-0.39, 0.29) is 18.8 Å². The molecule has 0 aliphatic rings. The van der Waals surface area contributed by atoms with Gasteiger partial charge in [-0.05, 0) is 49.0 Å². The Balaban J connectivity index is 2.22. The van der Waals surface area contributed by atoms with Gasteiger partial charge in [-0.25, -0.2) is 5.01 Å². The number of anilines is 1. The Morgan fingerprint density at radius 1 is 1.26 bits per heavy atom. The number of thiocarbonyl (C=S) groups is 1. The monoisotopic (exact) mass is 450 g/mol. The summed E-state index contributed by atoms with van der Waals surface area (Å²) in [5.41, 5.74) is 3.32. The van der Waals surface area contributed by atoms with Gasteiger partial charge in [0.2, 0.25) is 0 Å². The normalized spacial score (nSPS) is 11.1. The van der Waals surface area contributed by atoms with Crippen LogP contribution in [0.15, 0.2) is 53.6 Å². The smallest absolute Gasteiger partial charge is 0.269 e. The fraction of sp³-hybridized carbons (Fsp3) is 0.222. The highest BCUT2D eigenvalue weighted by Crippen LogP contribution is 2.15. The molecule has 27 heavy (non-hydrogen) atoms. The van der Waals surface area contributed by atoms with E-state index in [0.29, 0.717) is 16.2 Å². The van der Waals surface area contributed by atoms with E-state index >= 15 is 0 Å². The van der Waals surface area contributed by atoms with Gasteiger partial charge in [-0.2, -0.15) is 5.10 Å². The highest BCUT2D eigenvalue weighted by atomic mass is 79.9. The Labute approximate surface area is 171 Å². The summed E-state index contributed by atoms with van der Waals surface area (Å²) in [6.45, 7) is 2.08. The van der Waals surface area contributed by atoms with Gasteiger partial charge in [-0.3, -0.25) is 10.1 Å². The number of aliphatic hydroxyl groups is 1. The number of rotatable bonds is 7. The maximum atomic E-state index is 10.8. The number of nitrogens with one attached hydrogen (secondary N) is 1. The SMILES string of the molecule is Cc1ccc(NC(=S)N(CCO)/N=C(/CBr)c2ccc([N+](=O)[O-])cc2)cc1. The van der Waals surface area contributed by atoms with Crippen LogP contribution in [0.5, 0.6) is 0 Å². The summed E-state index contributed by atoms with van der Waals surface area (Å²) in [4.78, 5) is 10.4. The largest absolute Gasteiger partial charge is 0.394 e. The van der Waals surface area contributed by atoms with Crippen molar-refractivity contribution in [2.75, 3.05) is 23.8 Å². The standard InChI is InChI=1S/C18H19BrN4O3S/c1-13-2-6-15(7-3-13)20-18(27)22(10-11-24)21-17(12-19)14-4-8-16(9-5-14)23(25)26/h2-9,24H,10-12H2,1H3,(H,20,27)/b21-17-. The summed E-state index contributed by atoms with van der Waals surface area (Å²) in [6.07, 6.45) is 0. The molecule has 2 aromatic carbocycles. The van der Waals surface area contributed by atoms with Gasteiger partial charge in [0.25, 0.3) is 5.69 Å². The van der Waals surface area contributed by atoms with Gasteiger partial charge < -0.3 is 10.4 Å². The quantitative estimate of drug-likeness (QED) is 0.219. The predicted octanol–water partition coefficient (Wildman–Crippen LogP) is 3.69. The van der Waals surface area contributed by atoms with Gasteiger partial charge >= 0.3 is 0 Å². The van der Waals surface area contributed by atoms with Gasteiger partial charge in [0.1, 0.15) is 0 Å². The molecule has 0 radical (unpaired) electrons. The number of non-ortho nitro benzene ring substituents is 1. The zero-order valence-corrected chi connectivity index (χ0v) is 17.0. The summed E-state index contributed by atoms with van der Waals surface area (Å²) in [7, 11) is 0. The van der Waals surface area contributed by atoms with E-state index in [4.69, 9.17) is 12.2 Å². The molecule has 0 saturated heterocycles. The molecule has 0 fully saturated rings. The highest BCUT2D eigenvalue weighted by Gasteiger charge is 2.13. The van der Waals surface area contributed by atoms with Gasteiger partial charge in [0.05, 0.1) is 23.8 Å². The van der Waals surface area contributed by atoms with Crippen LogP contribution in [0.25, 0.3) is 0 Å². The number of nitrogens with zero attached hydrogens (tertiary/aromatic N) is 3. The van der Waals surface area contributed by atoms with Crippen LogP contribution in [0.3, 0.4) is 0 Å². The zero-order valence-electron chi connectivity index (χ0n) is 14.6. The maximum absolute atomic E-state index is 10.8. The number of hydrogen-bond donors (Lipinski definition) is 2. The molecule has 142 valence electrons. The van der Waals surface area contributed by atoms with Crippen molar-refractivity contribution < 1.29 is 10.0 Å². The minimum Gasteiger partial charge on any atom is -0.394 e. The molecule has 2 aromatic rings. The second-order valence-electron chi connectivity index (χ2n) is 5.63. The third kappa shape index (κ3) is 6.09. The first-order valence-corrected chi connectivity index (χ1v) is 9.62. The number of aryl methyl sites for hydroxylation is 1. The van der Waals surface area contributed by atoms with Crippen LogP contribution in [-0.4, -0.2) is 44.3 Å². The lowest BCUT2D eigenvalue weighted by molar-refractivity contribution is -0.384. The molecule has 0 aliphatic heterocycles. The molecule has 0 aromatic heterocycles. The van der Waals surface area contributed by atoms with Gasteiger partial charge in [-0.1, -0.05) is 33.6 Å². The van der Waals surface area contributed by atoms with E-state index < -0.39 is 4.92 Å². The van der Waals surface area contributed by atoms with Crippen molar-refractivity contribution in [2.24, 2.45) is 5.10 Å². The first-order chi connectivity index (χ1) is 12.9. The molecule has 2 N–H and O–H groups in total. The second-order valence-corrected chi connectivity index (χ2v) is 6.57. The number of benzene rings is 2. The number of hydrazone groups is 1. The van der Waals surface area contributed by atoms with Gasteiger partial charge in [0, 0.05) is 23.2 Å². The first kappa shape index (κ1) is 20.9. The third-order valence-corrected chi connectivity index (χ3v) is 4.47. The predicted molar refractivity (Wildman–Crippen MR) is 115 cm³/mol. The van der Waals surface area contributed by atoms with Crippen molar-refractivity contribution in [1.82, 2.24) is 5.01 Å². The lowest BCUT2D eigenvalue weighted by Gasteiger charge is -2.21. The zero-order chi connectivity index (χ0) is 19.8. The number of nitro groups is 1. The van der Waals surface area contributed by atoms with Gasteiger partial charge in [-0.15, -0.1) is 0 Å². The average Bonchev–Trinajstić information content (AvgIpc) is 2.67. The molecular formula is C18H19BrN4O3S. The van der Waals surface area contributed by atoms with Crippen LogP contribution < -0.4 is 5.32 Å². The number of halogens is 1. The third-order valence-electron chi connectivity index (χ3n) is 3.63. The molecule has 2 rings (SSSR count). The molecule has 0 unspecified atom stereocenters. The van der Waals surface area contributed by atoms with Crippen LogP contribution in [-0.2, 0) is 0 Å². The van der Waals surface area contributed by atoms with Crippen molar-refractivity contribution in [3.05, 3.63) is 69.8 Å². The minimum atomic E-state index is -0.451. The number of nitro benzene ring substituents is 1. The van der Waals surface area contributed by atoms with Crippen LogP contribution in [0, 0.1) is 17.0 Å². The van der Waals surface area contributed by atoms with Crippen molar-refractivity contribution in [3.8, 4) is 0 Å². The van der Waals surface area contributed by atoms with E-state index in [2.05, 4.69) is 26.3 Å². The van der Waals surface area contributed by atoms with Gasteiger partial charge in [0.15, 0.2) is 5.11 Å². The van der Waals surface area contributed by atoms with E-state index in [1.54, 1.807) is 12.1 Å². The lowest BCUT2D eigenvalue weighted by atomic mass is 10.1. The number of alkyl halides is 1. The topological polar surface area (TPSA) is 91.0 Å². The highest BCUT2D eigenvalue weighted by molar-refractivity contribution is 9.09. The summed E-state index contributed by atoms with van der Waals surface area (Å²) in [6, 6.07) is 13.8. The summed E-state index contributed by atoms with van der Waals surface area (Å²) < 4.78 is 0. The molecule has 0 spiro atoms. The number of hydrogen-bond acceptors (Lipinski definition) is 5. The molecule has 0 bridgehead atoms. The lowest BCUT2D eigenvalue weighted by Crippen LogP contribution is -2.34. The fourth-order valence-electron chi connectivity index (χ4n) is 2.20. The summed E-state index contributed by atoms with van der Waals surface area (Å²) in [5, 5.41) is 30.0. The van der Waals surface area contributed by atoms with Crippen molar-refractivity contribution in [2.45, 2.75) is 6.92 Å². The average molecular weight is 451 g/mol. The Hall–Kier alpha value is -2.36. The van der Waals surface area contributed by atoms with Crippen LogP contribution >= 0.6 is 28.1 Å². The van der Waals surface area contributed by atoms with Crippen molar-refractivity contribution in [3.63, 3.8) is 0 Å². The Bertz CT molecular complexity index is 826. The molecule has 0 atom stereocenters. The molecule has 0 heterocycles. The van der Waals surface area contributed by atoms with Crippen LogP contribution in [0.2, 0.25) is 0 Å². The molecule has 7 nitrogen and oxygen atoms in total. The van der Waals surface area contributed by atoms with Crippen molar-refractivity contribution >= 4 is 50.3 Å². The Morgan fingerprint density at radius 2 is 1.89 bits per heavy atom. The second kappa shape index (κ2) is 10.1. The van der Waals surface area contributed by atoms with Crippen LogP contribution in [0.4, 0.5) is 11.4 Å². The van der Waals surface area contributed by atoms with E-state index in [0.717, 1.165) is 16.8 Å². The van der Waals surface area contributed by atoms with Crippen molar-refractivity contribution in [1.29, 1.82) is 0 Å².